The largest absolute Gasteiger partial charge is 0.269 e. The first-order valence-electron chi connectivity index (χ1n) is 3.26. The molecule has 0 heterocycles. The molecule has 0 atom stereocenters. The van der Waals surface area contributed by atoms with E-state index in [4.69, 9.17) is 10.5 Å². The predicted molar refractivity (Wildman–Crippen MR) is 44.0 cm³/mol. The van der Waals surface area contributed by atoms with Crippen molar-refractivity contribution in [2.45, 2.75) is 4.90 Å². The third kappa shape index (κ3) is 1.84. The lowest BCUT2D eigenvalue weighted by atomic mass is 10.2. The number of benzene rings is 1. The van der Waals surface area contributed by atoms with Crippen molar-refractivity contribution in [3.63, 3.8) is 0 Å². The molecule has 0 aliphatic heterocycles. The molecule has 13 heavy (non-hydrogen) atoms. The topological polar surface area (TPSA) is 81.7 Å². The van der Waals surface area contributed by atoms with Gasteiger partial charge in [0.05, 0.1) is 16.5 Å². The van der Waals surface area contributed by atoms with Crippen molar-refractivity contribution in [1.29, 1.82) is 10.5 Å². The van der Waals surface area contributed by atoms with Crippen LogP contribution in [0, 0.1) is 22.0 Å². The average molecular weight is 192 g/mol. The van der Waals surface area contributed by atoms with E-state index in [1.54, 1.807) is 0 Å². The molecule has 1 rings (SSSR count). The number of nitriles is 2. The Morgan fingerprint density at radius 1 is 1.08 bits per heavy atom. The molecule has 0 N–H and O–H groups in total. The highest BCUT2D eigenvalue weighted by molar-refractivity contribution is 7.95. The Balaban J connectivity index is 3.25. The summed E-state index contributed by atoms with van der Waals surface area (Å²) in [6, 6.07) is 7.02. The Labute approximate surface area is 75.6 Å². The van der Waals surface area contributed by atoms with Gasteiger partial charge in [-0.15, -0.1) is 0 Å². The van der Waals surface area contributed by atoms with Gasteiger partial charge in [-0.2, -0.15) is 10.5 Å². The van der Waals surface area contributed by atoms with Crippen LogP contribution in [0.2, 0.25) is 0 Å². The van der Waals surface area contributed by atoms with Crippen molar-refractivity contribution < 1.29 is 8.42 Å². The molecular weight excluding hydrogens is 188 g/mol. The normalized spacial score (nSPS) is 10.0. The molecule has 1 aromatic carbocycles. The Morgan fingerprint density at radius 3 is 2.00 bits per heavy atom. The SMILES string of the molecule is N#Cc1ccc(S(=O)(=O)C#N)cc1. The smallest absolute Gasteiger partial charge is 0.208 e. The molecule has 0 spiro atoms. The number of nitrogens with zero attached hydrogens (tertiary/aromatic N) is 2. The van der Waals surface area contributed by atoms with E-state index in [-0.39, 0.29) is 4.90 Å². The number of rotatable bonds is 1. The maximum Gasteiger partial charge on any atom is 0.269 e. The van der Waals surface area contributed by atoms with Crippen molar-refractivity contribution in [2.24, 2.45) is 0 Å². The molecule has 0 aliphatic rings. The van der Waals surface area contributed by atoms with E-state index in [1.165, 1.54) is 29.7 Å². The van der Waals surface area contributed by atoms with E-state index < -0.39 is 9.84 Å². The van der Waals surface area contributed by atoms with Gasteiger partial charge in [0.1, 0.15) is 0 Å². The van der Waals surface area contributed by atoms with Gasteiger partial charge < -0.3 is 0 Å². The minimum absolute atomic E-state index is 0.0889. The van der Waals surface area contributed by atoms with Crippen LogP contribution >= 0.6 is 0 Å². The Kier molecular flexibility index (Phi) is 2.32. The third-order valence-corrected chi connectivity index (χ3v) is 2.55. The molecule has 5 heteroatoms. The second kappa shape index (κ2) is 3.26. The van der Waals surface area contributed by atoms with Crippen LogP contribution in [0.3, 0.4) is 0 Å². The molecule has 0 saturated carbocycles. The molecule has 64 valence electrons. The van der Waals surface area contributed by atoms with Gasteiger partial charge in [0.2, 0.25) is 0 Å². The summed E-state index contributed by atoms with van der Waals surface area (Å²) in [5.41, 5.74) is 0.358. The second-order valence-electron chi connectivity index (χ2n) is 2.23. The summed E-state index contributed by atoms with van der Waals surface area (Å²) >= 11 is 0. The van der Waals surface area contributed by atoms with Crippen LogP contribution in [0.25, 0.3) is 0 Å². The van der Waals surface area contributed by atoms with Gasteiger partial charge in [0.25, 0.3) is 9.84 Å². The van der Waals surface area contributed by atoms with Crippen molar-refractivity contribution in [2.75, 3.05) is 0 Å². The summed E-state index contributed by atoms with van der Waals surface area (Å²) in [7, 11) is -3.83. The number of thiocyanates is 1. The van der Waals surface area contributed by atoms with Gasteiger partial charge in [-0.05, 0) is 24.3 Å². The van der Waals surface area contributed by atoms with Crippen LogP contribution in [0.4, 0.5) is 0 Å². The van der Waals surface area contributed by atoms with Gasteiger partial charge in [-0.25, -0.2) is 8.42 Å². The highest BCUT2D eigenvalue weighted by Crippen LogP contribution is 2.10. The van der Waals surface area contributed by atoms with Gasteiger partial charge in [0.15, 0.2) is 5.40 Å². The van der Waals surface area contributed by atoms with Crippen LogP contribution in [0.5, 0.6) is 0 Å². The molecule has 0 fully saturated rings. The highest BCUT2D eigenvalue weighted by Gasteiger charge is 2.11. The van der Waals surface area contributed by atoms with E-state index in [0.29, 0.717) is 5.56 Å². The van der Waals surface area contributed by atoms with E-state index in [0.717, 1.165) is 0 Å². The van der Waals surface area contributed by atoms with E-state index >= 15 is 0 Å². The first-order chi connectivity index (χ1) is 6.10. The standard InChI is InChI=1S/C8H4N2O2S/c9-5-7-1-3-8(4-2-7)13(11,12)6-10/h1-4H. The fourth-order valence-corrected chi connectivity index (χ4v) is 1.36. The van der Waals surface area contributed by atoms with Crippen molar-refractivity contribution in [3.05, 3.63) is 29.8 Å². The quantitative estimate of drug-likeness (QED) is 0.487. The number of hydrogen-bond acceptors (Lipinski definition) is 4. The zero-order chi connectivity index (χ0) is 9.90. The fourth-order valence-electron chi connectivity index (χ4n) is 0.761. The first kappa shape index (κ1) is 9.24. The second-order valence-corrected chi connectivity index (χ2v) is 3.89. The summed E-state index contributed by atoms with van der Waals surface area (Å²) in [4.78, 5) is -0.0889. The van der Waals surface area contributed by atoms with E-state index in [1.807, 2.05) is 6.07 Å². The van der Waals surface area contributed by atoms with Gasteiger partial charge in [0, 0.05) is 0 Å². The minimum Gasteiger partial charge on any atom is -0.208 e. The molecule has 0 radical (unpaired) electrons. The first-order valence-corrected chi connectivity index (χ1v) is 4.74. The summed E-state index contributed by atoms with van der Waals surface area (Å²) < 4.78 is 21.9. The number of hydrogen-bond donors (Lipinski definition) is 0. The van der Waals surface area contributed by atoms with Crippen LogP contribution in [-0.4, -0.2) is 8.42 Å². The van der Waals surface area contributed by atoms with Crippen LogP contribution in [0.1, 0.15) is 5.56 Å². The maximum atomic E-state index is 11.0. The fraction of sp³-hybridized carbons (Fsp3) is 0. The highest BCUT2D eigenvalue weighted by atomic mass is 32.2. The Bertz CT molecular complexity index is 488. The zero-order valence-corrected chi connectivity index (χ0v) is 7.25. The molecule has 4 nitrogen and oxygen atoms in total. The summed E-state index contributed by atoms with van der Waals surface area (Å²) in [5.74, 6) is 0. The molecule has 0 unspecified atom stereocenters. The lowest BCUT2D eigenvalue weighted by Gasteiger charge is -1.93. The monoisotopic (exact) mass is 192 g/mol. The molecule has 0 aliphatic carbocycles. The van der Waals surface area contributed by atoms with Crippen molar-refractivity contribution >= 4 is 9.84 Å². The molecule has 1 aromatic rings. The van der Waals surface area contributed by atoms with Crippen molar-refractivity contribution in [3.8, 4) is 11.5 Å². The summed E-state index contributed by atoms with van der Waals surface area (Å²) in [6.07, 6.45) is 0. The van der Waals surface area contributed by atoms with Crippen LogP contribution in [-0.2, 0) is 9.84 Å². The zero-order valence-electron chi connectivity index (χ0n) is 6.43. The van der Waals surface area contributed by atoms with Crippen LogP contribution in [0.15, 0.2) is 29.2 Å². The molecule has 0 saturated heterocycles. The van der Waals surface area contributed by atoms with E-state index in [9.17, 15) is 8.42 Å². The minimum atomic E-state index is -3.83. The number of sulfone groups is 1. The van der Waals surface area contributed by atoms with E-state index in [2.05, 4.69) is 0 Å². The van der Waals surface area contributed by atoms with Crippen molar-refractivity contribution in [1.82, 2.24) is 0 Å². The molecule has 0 aromatic heterocycles. The Morgan fingerprint density at radius 2 is 1.62 bits per heavy atom. The Hall–Kier alpha value is -1.85. The molecular formula is C8H4N2O2S. The van der Waals surface area contributed by atoms with Gasteiger partial charge in [-0.1, -0.05) is 0 Å². The van der Waals surface area contributed by atoms with Crippen LogP contribution < -0.4 is 0 Å². The summed E-state index contributed by atoms with van der Waals surface area (Å²) in [5, 5.41) is 17.9. The lowest BCUT2D eigenvalue weighted by molar-refractivity contribution is 0.605. The third-order valence-electron chi connectivity index (χ3n) is 1.41. The van der Waals surface area contributed by atoms with Gasteiger partial charge in [-0.3, -0.25) is 0 Å². The lowest BCUT2D eigenvalue weighted by Crippen LogP contribution is -1.95. The average Bonchev–Trinajstić information content (AvgIpc) is 2.18. The predicted octanol–water partition coefficient (Wildman–Crippen LogP) is 0.813. The molecule has 0 bridgehead atoms. The summed E-state index contributed by atoms with van der Waals surface area (Å²) in [6.45, 7) is 0. The van der Waals surface area contributed by atoms with Gasteiger partial charge >= 0.3 is 0 Å². The maximum absolute atomic E-state index is 11.0. The molecule has 0 amide bonds.